The standard InChI is InChI=1S/C9H9N2O2/c12-7-10-6-11-9(13)8-4-2-1-3-5-8/h1-5H,6H2,(H,10,12)(H,11,13). The van der Waals surface area contributed by atoms with Gasteiger partial charge in [0.15, 0.2) is 0 Å². The largest absolute Gasteiger partial charge is 0.335 e. The monoisotopic (exact) mass is 177 g/mol. The summed E-state index contributed by atoms with van der Waals surface area (Å²) in [7, 11) is 0. The lowest BCUT2D eigenvalue weighted by molar-refractivity contribution is 0.0953. The summed E-state index contributed by atoms with van der Waals surface area (Å²) < 4.78 is 0. The Hall–Kier alpha value is -1.84. The van der Waals surface area contributed by atoms with Crippen LogP contribution in [0.3, 0.4) is 0 Å². The van der Waals surface area contributed by atoms with Crippen molar-refractivity contribution in [1.82, 2.24) is 10.6 Å². The molecule has 0 spiro atoms. The van der Waals surface area contributed by atoms with Crippen molar-refractivity contribution in [3.63, 3.8) is 0 Å². The van der Waals surface area contributed by atoms with Gasteiger partial charge < -0.3 is 10.6 Å². The fraction of sp³-hybridized carbons (Fsp3) is 0.111. The zero-order valence-corrected chi connectivity index (χ0v) is 6.91. The van der Waals surface area contributed by atoms with Crippen molar-refractivity contribution in [1.29, 1.82) is 0 Å². The Morgan fingerprint density at radius 2 is 2.00 bits per heavy atom. The van der Waals surface area contributed by atoms with E-state index < -0.39 is 0 Å². The summed E-state index contributed by atoms with van der Waals surface area (Å²) in [6.45, 7) is 0.0945. The normalized spacial score (nSPS) is 8.92. The molecule has 0 atom stereocenters. The number of nitrogens with one attached hydrogen (secondary N) is 2. The molecule has 67 valence electrons. The molecular weight excluding hydrogens is 168 g/mol. The first-order chi connectivity index (χ1) is 6.34. The highest BCUT2D eigenvalue weighted by molar-refractivity contribution is 5.94. The molecule has 0 fully saturated rings. The molecule has 0 aliphatic heterocycles. The molecule has 1 radical (unpaired) electrons. The number of hydrogen-bond donors (Lipinski definition) is 2. The second-order valence-electron chi connectivity index (χ2n) is 2.33. The highest BCUT2D eigenvalue weighted by Crippen LogP contribution is 1.96. The van der Waals surface area contributed by atoms with Crippen LogP contribution in [0.1, 0.15) is 10.4 Å². The Morgan fingerprint density at radius 3 is 2.62 bits per heavy atom. The van der Waals surface area contributed by atoms with Gasteiger partial charge in [0.05, 0.1) is 6.67 Å². The third kappa shape index (κ3) is 2.94. The fourth-order valence-corrected chi connectivity index (χ4v) is 0.852. The van der Waals surface area contributed by atoms with Crippen LogP contribution in [0.15, 0.2) is 30.3 Å². The Labute approximate surface area is 75.9 Å². The smallest absolute Gasteiger partial charge is 0.310 e. The van der Waals surface area contributed by atoms with E-state index in [4.69, 9.17) is 0 Å². The van der Waals surface area contributed by atoms with E-state index in [2.05, 4.69) is 10.6 Å². The van der Waals surface area contributed by atoms with Crippen LogP contribution >= 0.6 is 0 Å². The van der Waals surface area contributed by atoms with E-state index in [-0.39, 0.29) is 12.6 Å². The fourth-order valence-electron chi connectivity index (χ4n) is 0.852. The van der Waals surface area contributed by atoms with Crippen molar-refractivity contribution in [2.45, 2.75) is 0 Å². The molecule has 0 aliphatic rings. The highest BCUT2D eigenvalue weighted by Gasteiger charge is 2.01. The number of carbonyl (C=O) groups excluding carboxylic acids is 2. The van der Waals surface area contributed by atoms with E-state index in [9.17, 15) is 9.59 Å². The summed E-state index contributed by atoms with van der Waals surface area (Å²) in [5, 5.41) is 4.70. The lowest BCUT2D eigenvalue weighted by Gasteiger charge is -2.02. The van der Waals surface area contributed by atoms with Crippen molar-refractivity contribution >= 4 is 12.3 Å². The molecule has 1 aromatic carbocycles. The molecular formula is C9H9N2O2. The third-order valence-electron chi connectivity index (χ3n) is 1.45. The van der Waals surface area contributed by atoms with E-state index >= 15 is 0 Å². The Kier molecular flexibility index (Phi) is 3.50. The van der Waals surface area contributed by atoms with E-state index in [0.717, 1.165) is 0 Å². The van der Waals surface area contributed by atoms with Crippen LogP contribution < -0.4 is 10.6 Å². The van der Waals surface area contributed by atoms with Crippen LogP contribution in [0.25, 0.3) is 0 Å². The molecule has 2 N–H and O–H groups in total. The Balaban J connectivity index is 2.45. The minimum Gasteiger partial charge on any atom is -0.335 e. The second-order valence-corrected chi connectivity index (χ2v) is 2.33. The molecule has 0 aromatic heterocycles. The summed E-state index contributed by atoms with van der Waals surface area (Å²) >= 11 is 0. The first-order valence-corrected chi connectivity index (χ1v) is 3.78. The van der Waals surface area contributed by atoms with Crippen molar-refractivity contribution < 1.29 is 9.59 Å². The summed E-state index contributed by atoms with van der Waals surface area (Å²) in [6, 6.07) is 8.76. The molecule has 0 unspecified atom stereocenters. The summed E-state index contributed by atoms with van der Waals surface area (Å²) in [4.78, 5) is 21.0. The maximum Gasteiger partial charge on any atom is 0.310 e. The summed E-state index contributed by atoms with van der Waals surface area (Å²) in [5.74, 6) is -0.219. The van der Waals surface area contributed by atoms with E-state index in [1.807, 2.05) is 6.07 Å². The first kappa shape index (κ1) is 9.25. The van der Waals surface area contributed by atoms with Gasteiger partial charge in [0.25, 0.3) is 5.91 Å². The van der Waals surface area contributed by atoms with Crippen molar-refractivity contribution in [2.24, 2.45) is 0 Å². The van der Waals surface area contributed by atoms with Gasteiger partial charge in [-0.1, -0.05) is 18.2 Å². The third-order valence-corrected chi connectivity index (χ3v) is 1.45. The van der Waals surface area contributed by atoms with E-state index in [0.29, 0.717) is 5.56 Å². The van der Waals surface area contributed by atoms with Crippen LogP contribution in [0.4, 0.5) is 0 Å². The molecule has 2 amide bonds. The number of benzene rings is 1. The van der Waals surface area contributed by atoms with Gasteiger partial charge in [-0.05, 0) is 12.1 Å². The molecule has 0 saturated carbocycles. The highest BCUT2D eigenvalue weighted by atomic mass is 16.2. The van der Waals surface area contributed by atoms with Gasteiger partial charge in [0.2, 0.25) is 0 Å². The predicted molar refractivity (Wildman–Crippen MR) is 47.6 cm³/mol. The lowest BCUT2D eigenvalue weighted by Crippen LogP contribution is -2.32. The van der Waals surface area contributed by atoms with Gasteiger partial charge >= 0.3 is 6.41 Å². The van der Waals surface area contributed by atoms with E-state index in [1.54, 1.807) is 24.3 Å². The lowest BCUT2D eigenvalue weighted by atomic mass is 10.2. The van der Waals surface area contributed by atoms with Gasteiger partial charge in [0, 0.05) is 5.56 Å². The quantitative estimate of drug-likeness (QED) is 0.387. The van der Waals surface area contributed by atoms with Crippen molar-refractivity contribution in [3.05, 3.63) is 35.9 Å². The average molecular weight is 177 g/mol. The maximum absolute atomic E-state index is 11.2. The molecule has 4 nitrogen and oxygen atoms in total. The van der Waals surface area contributed by atoms with Crippen LogP contribution in [-0.4, -0.2) is 19.0 Å². The van der Waals surface area contributed by atoms with Crippen molar-refractivity contribution in [2.75, 3.05) is 6.67 Å². The minimum atomic E-state index is -0.219. The van der Waals surface area contributed by atoms with Gasteiger partial charge in [-0.25, -0.2) is 0 Å². The number of carbonyl (C=O) groups is 1. The van der Waals surface area contributed by atoms with Gasteiger partial charge in [-0.3, -0.25) is 9.59 Å². The summed E-state index contributed by atoms with van der Waals surface area (Å²) in [5.41, 5.74) is 0.565. The number of rotatable bonds is 4. The molecule has 1 aromatic rings. The zero-order valence-electron chi connectivity index (χ0n) is 6.91. The first-order valence-electron chi connectivity index (χ1n) is 3.78. The molecule has 13 heavy (non-hydrogen) atoms. The van der Waals surface area contributed by atoms with Gasteiger partial charge in [0.1, 0.15) is 0 Å². The SMILES string of the molecule is O=[C]NCNC(=O)c1ccccc1. The van der Waals surface area contributed by atoms with Crippen LogP contribution in [0.5, 0.6) is 0 Å². The minimum absolute atomic E-state index is 0.0945. The van der Waals surface area contributed by atoms with Crippen LogP contribution in [0, 0.1) is 0 Å². The predicted octanol–water partition coefficient (Wildman–Crippen LogP) is 0.0307. The maximum atomic E-state index is 11.2. The molecule has 0 aliphatic carbocycles. The Morgan fingerprint density at radius 1 is 1.31 bits per heavy atom. The number of hydrogen-bond acceptors (Lipinski definition) is 2. The van der Waals surface area contributed by atoms with Gasteiger partial charge in [-0.2, -0.15) is 0 Å². The molecule has 1 rings (SSSR count). The van der Waals surface area contributed by atoms with E-state index in [1.165, 1.54) is 6.41 Å². The van der Waals surface area contributed by atoms with Gasteiger partial charge in [-0.15, -0.1) is 0 Å². The molecule has 0 bridgehead atoms. The van der Waals surface area contributed by atoms with Crippen LogP contribution in [-0.2, 0) is 4.79 Å². The van der Waals surface area contributed by atoms with Crippen molar-refractivity contribution in [3.8, 4) is 0 Å². The zero-order chi connectivity index (χ0) is 9.52. The molecule has 0 saturated heterocycles. The molecule has 4 heteroatoms. The second kappa shape index (κ2) is 4.92. The average Bonchev–Trinajstić information content (AvgIpc) is 2.19. The molecule has 0 heterocycles. The topological polar surface area (TPSA) is 58.2 Å². The summed E-state index contributed by atoms with van der Waals surface area (Å²) in [6.07, 6.45) is 1.46. The number of amides is 2. The van der Waals surface area contributed by atoms with Crippen LogP contribution in [0.2, 0.25) is 0 Å². The Bertz CT molecular complexity index is 285.